The zero-order chi connectivity index (χ0) is 8.85. The average Bonchev–Trinajstić information content (AvgIpc) is 1.86. The van der Waals surface area contributed by atoms with E-state index in [0.29, 0.717) is 12.5 Å². The third kappa shape index (κ3) is 5.22. The molecule has 0 saturated heterocycles. The Hall–Kier alpha value is -0.0800. The number of aliphatic hydroxyl groups excluding tert-OH is 1. The topological polar surface area (TPSA) is 29.5 Å². The molecule has 0 heterocycles. The first-order valence-corrected chi connectivity index (χ1v) is 4.37. The van der Waals surface area contributed by atoms with Crippen LogP contribution in [0.2, 0.25) is 0 Å². The second-order valence-corrected chi connectivity index (χ2v) is 3.36. The molecule has 0 fully saturated rings. The fourth-order valence-corrected chi connectivity index (χ4v) is 1.05. The van der Waals surface area contributed by atoms with Crippen LogP contribution in [0.4, 0.5) is 0 Å². The molecule has 0 spiro atoms. The molecule has 0 aliphatic rings. The van der Waals surface area contributed by atoms with Gasteiger partial charge in [0.1, 0.15) is 0 Å². The van der Waals surface area contributed by atoms with Crippen LogP contribution in [0.1, 0.15) is 34.1 Å². The van der Waals surface area contributed by atoms with Gasteiger partial charge < -0.3 is 9.84 Å². The summed E-state index contributed by atoms with van der Waals surface area (Å²) in [5.41, 5.74) is 0. The van der Waals surface area contributed by atoms with Gasteiger partial charge in [-0.25, -0.2) is 0 Å². The number of hydrogen-bond acceptors (Lipinski definition) is 2. The molecule has 0 aromatic rings. The molecule has 1 N–H and O–H groups in total. The van der Waals surface area contributed by atoms with Gasteiger partial charge in [-0.2, -0.15) is 0 Å². The van der Waals surface area contributed by atoms with Crippen LogP contribution in [0.5, 0.6) is 0 Å². The van der Waals surface area contributed by atoms with Gasteiger partial charge in [0, 0.05) is 6.61 Å². The zero-order valence-electron chi connectivity index (χ0n) is 8.00. The molecule has 2 atom stereocenters. The monoisotopic (exact) mass is 160 g/mol. The number of ether oxygens (including phenoxy) is 1. The highest BCUT2D eigenvalue weighted by molar-refractivity contribution is 4.65. The smallest absolute Gasteiger partial charge is 0.0805 e. The number of aliphatic hydroxyl groups is 1. The molecule has 0 rings (SSSR count). The van der Waals surface area contributed by atoms with Gasteiger partial charge in [0.25, 0.3) is 0 Å². The van der Waals surface area contributed by atoms with Crippen molar-refractivity contribution in [3.63, 3.8) is 0 Å². The molecular formula is C9H20O2. The minimum absolute atomic E-state index is 0.0256. The van der Waals surface area contributed by atoms with Crippen molar-refractivity contribution in [2.75, 3.05) is 6.61 Å². The van der Waals surface area contributed by atoms with E-state index in [1.54, 1.807) is 0 Å². The van der Waals surface area contributed by atoms with Gasteiger partial charge in [0.05, 0.1) is 12.2 Å². The second-order valence-electron chi connectivity index (χ2n) is 3.36. The minimum Gasteiger partial charge on any atom is -0.390 e. The van der Waals surface area contributed by atoms with Crippen LogP contribution < -0.4 is 0 Å². The molecule has 0 bridgehead atoms. The molecule has 2 heteroatoms. The van der Waals surface area contributed by atoms with E-state index in [1.807, 2.05) is 13.8 Å². The van der Waals surface area contributed by atoms with Crippen molar-refractivity contribution < 1.29 is 9.84 Å². The lowest BCUT2D eigenvalue weighted by Gasteiger charge is -2.20. The standard InChI is InChI=1S/C9H20O2/c1-5-11-8(4)9(10)6-7(2)3/h7-10H,5-6H2,1-4H3. The lowest BCUT2D eigenvalue weighted by molar-refractivity contribution is -0.0295. The molecule has 0 aromatic heterocycles. The van der Waals surface area contributed by atoms with Crippen LogP contribution in [0.15, 0.2) is 0 Å². The van der Waals surface area contributed by atoms with E-state index in [-0.39, 0.29) is 12.2 Å². The van der Waals surface area contributed by atoms with Crippen LogP contribution in [-0.2, 0) is 4.74 Å². The largest absolute Gasteiger partial charge is 0.390 e. The van der Waals surface area contributed by atoms with E-state index >= 15 is 0 Å². The Morgan fingerprint density at radius 3 is 2.18 bits per heavy atom. The van der Waals surface area contributed by atoms with Crippen LogP contribution in [0.3, 0.4) is 0 Å². The van der Waals surface area contributed by atoms with Gasteiger partial charge in [-0.05, 0) is 26.2 Å². The molecule has 0 aliphatic heterocycles. The Morgan fingerprint density at radius 2 is 1.82 bits per heavy atom. The highest BCUT2D eigenvalue weighted by Crippen LogP contribution is 2.09. The van der Waals surface area contributed by atoms with Gasteiger partial charge in [0.2, 0.25) is 0 Å². The lowest BCUT2D eigenvalue weighted by atomic mass is 10.0. The highest BCUT2D eigenvalue weighted by Gasteiger charge is 2.14. The Bertz CT molecular complexity index is 91.6. The molecule has 0 aliphatic carbocycles. The Balaban J connectivity index is 3.54. The molecule has 11 heavy (non-hydrogen) atoms. The summed E-state index contributed by atoms with van der Waals surface area (Å²) in [6, 6.07) is 0. The summed E-state index contributed by atoms with van der Waals surface area (Å²) in [5.74, 6) is 0.535. The molecule has 2 nitrogen and oxygen atoms in total. The molecule has 68 valence electrons. The van der Waals surface area contributed by atoms with E-state index in [1.165, 1.54) is 0 Å². The summed E-state index contributed by atoms with van der Waals surface area (Å²) in [6.07, 6.45) is 0.485. The summed E-state index contributed by atoms with van der Waals surface area (Å²) in [6.45, 7) is 8.73. The SMILES string of the molecule is CCOC(C)C(O)CC(C)C. The van der Waals surface area contributed by atoms with Crippen molar-refractivity contribution in [2.45, 2.75) is 46.3 Å². The third-order valence-electron chi connectivity index (χ3n) is 1.68. The van der Waals surface area contributed by atoms with Crippen molar-refractivity contribution in [1.29, 1.82) is 0 Å². The van der Waals surface area contributed by atoms with E-state index < -0.39 is 0 Å². The molecular weight excluding hydrogens is 140 g/mol. The van der Waals surface area contributed by atoms with E-state index in [2.05, 4.69) is 13.8 Å². The van der Waals surface area contributed by atoms with Crippen molar-refractivity contribution >= 4 is 0 Å². The van der Waals surface area contributed by atoms with Crippen molar-refractivity contribution in [1.82, 2.24) is 0 Å². The molecule has 0 amide bonds. The van der Waals surface area contributed by atoms with Crippen molar-refractivity contribution in [3.8, 4) is 0 Å². The van der Waals surface area contributed by atoms with Crippen LogP contribution in [-0.4, -0.2) is 23.9 Å². The summed E-state index contributed by atoms with van der Waals surface area (Å²) in [5, 5.41) is 9.49. The van der Waals surface area contributed by atoms with E-state index in [4.69, 9.17) is 4.74 Å². The van der Waals surface area contributed by atoms with Crippen LogP contribution in [0, 0.1) is 5.92 Å². The van der Waals surface area contributed by atoms with E-state index in [0.717, 1.165) is 6.42 Å². The Kier molecular flexibility index (Phi) is 5.51. The first kappa shape index (κ1) is 10.9. The molecule has 2 unspecified atom stereocenters. The van der Waals surface area contributed by atoms with Gasteiger partial charge in [-0.15, -0.1) is 0 Å². The van der Waals surface area contributed by atoms with Crippen LogP contribution >= 0.6 is 0 Å². The predicted molar refractivity (Wildman–Crippen MR) is 46.5 cm³/mol. The van der Waals surface area contributed by atoms with Crippen molar-refractivity contribution in [2.24, 2.45) is 5.92 Å². The summed E-state index contributed by atoms with van der Waals surface area (Å²) in [7, 11) is 0. The average molecular weight is 160 g/mol. The summed E-state index contributed by atoms with van der Waals surface area (Å²) in [4.78, 5) is 0. The maximum absolute atomic E-state index is 9.49. The first-order valence-electron chi connectivity index (χ1n) is 4.37. The van der Waals surface area contributed by atoms with Gasteiger partial charge in [-0.1, -0.05) is 13.8 Å². The fraction of sp³-hybridized carbons (Fsp3) is 1.00. The summed E-state index contributed by atoms with van der Waals surface area (Å²) >= 11 is 0. The van der Waals surface area contributed by atoms with Gasteiger partial charge in [0.15, 0.2) is 0 Å². The van der Waals surface area contributed by atoms with Gasteiger partial charge in [-0.3, -0.25) is 0 Å². The maximum atomic E-state index is 9.49. The quantitative estimate of drug-likeness (QED) is 0.664. The number of rotatable bonds is 5. The van der Waals surface area contributed by atoms with Gasteiger partial charge >= 0.3 is 0 Å². The zero-order valence-corrected chi connectivity index (χ0v) is 8.00. The predicted octanol–water partition coefficient (Wildman–Crippen LogP) is 1.82. The van der Waals surface area contributed by atoms with E-state index in [9.17, 15) is 5.11 Å². The first-order chi connectivity index (χ1) is 5.07. The fourth-order valence-electron chi connectivity index (χ4n) is 1.05. The minimum atomic E-state index is -0.310. The van der Waals surface area contributed by atoms with Crippen LogP contribution in [0.25, 0.3) is 0 Å². The number of hydrogen-bond donors (Lipinski definition) is 1. The normalized spacial score (nSPS) is 16.9. The summed E-state index contributed by atoms with van der Waals surface area (Å²) < 4.78 is 5.25. The third-order valence-corrected chi connectivity index (χ3v) is 1.68. The maximum Gasteiger partial charge on any atom is 0.0805 e. The molecule has 0 aromatic carbocycles. The highest BCUT2D eigenvalue weighted by atomic mass is 16.5. The van der Waals surface area contributed by atoms with Crippen molar-refractivity contribution in [3.05, 3.63) is 0 Å². The second kappa shape index (κ2) is 5.56. The molecule has 0 radical (unpaired) electrons. The Morgan fingerprint density at radius 1 is 1.27 bits per heavy atom. The lowest BCUT2D eigenvalue weighted by Crippen LogP contribution is -2.27. The Labute approximate surface area is 69.6 Å². The molecule has 0 saturated carbocycles.